The monoisotopic (exact) mass is 299 g/mol. The molecule has 0 heterocycles. The first-order valence-corrected chi connectivity index (χ1v) is 6.37. The molecule has 0 radical (unpaired) electrons. The van der Waals surface area contributed by atoms with Gasteiger partial charge in [-0.3, -0.25) is 14.9 Å². The van der Waals surface area contributed by atoms with Crippen LogP contribution >= 0.6 is 0 Å². The van der Waals surface area contributed by atoms with Crippen molar-refractivity contribution in [3.8, 4) is 5.75 Å². The lowest BCUT2D eigenvalue weighted by Gasteiger charge is -2.05. The average Bonchev–Trinajstić information content (AvgIpc) is 2.53. The van der Waals surface area contributed by atoms with Crippen molar-refractivity contribution in [2.24, 2.45) is 5.10 Å². The van der Waals surface area contributed by atoms with Crippen LogP contribution < -0.4 is 5.43 Å². The van der Waals surface area contributed by atoms with Crippen molar-refractivity contribution in [2.75, 3.05) is 0 Å². The maximum atomic E-state index is 11.9. The number of aromatic hydroxyl groups is 1. The van der Waals surface area contributed by atoms with Crippen LogP contribution in [-0.2, 0) is 0 Å². The number of para-hydroxylation sites is 1. The van der Waals surface area contributed by atoms with Crippen LogP contribution in [0.15, 0.2) is 53.6 Å². The van der Waals surface area contributed by atoms with Gasteiger partial charge in [-0.25, -0.2) is 5.43 Å². The predicted octanol–water partition coefficient (Wildman–Crippen LogP) is 2.45. The Bertz CT molecular complexity index is 742. The second-order valence-corrected chi connectivity index (χ2v) is 4.43. The van der Waals surface area contributed by atoms with E-state index in [0.717, 1.165) is 0 Å². The summed E-state index contributed by atoms with van der Waals surface area (Å²) >= 11 is 0. The summed E-state index contributed by atoms with van der Waals surface area (Å²) in [6, 6.07) is 12.6. The van der Waals surface area contributed by atoms with Crippen LogP contribution in [0, 0.1) is 10.1 Å². The summed E-state index contributed by atoms with van der Waals surface area (Å²) in [6.45, 7) is 1.53. The minimum absolute atomic E-state index is 0.183. The Morgan fingerprint density at radius 2 is 1.86 bits per heavy atom. The van der Waals surface area contributed by atoms with E-state index in [4.69, 9.17) is 0 Å². The number of amides is 1. The van der Waals surface area contributed by atoms with Crippen LogP contribution in [0.25, 0.3) is 0 Å². The van der Waals surface area contributed by atoms with Crippen LogP contribution in [0.1, 0.15) is 22.8 Å². The molecule has 0 aromatic heterocycles. The number of carbonyl (C=O) groups excluding carboxylic acids is 1. The predicted molar refractivity (Wildman–Crippen MR) is 80.9 cm³/mol. The Morgan fingerprint density at radius 1 is 1.18 bits per heavy atom. The first kappa shape index (κ1) is 15.2. The van der Waals surface area contributed by atoms with Crippen LogP contribution in [-0.4, -0.2) is 21.6 Å². The van der Waals surface area contributed by atoms with Gasteiger partial charge in [0.25, 0.3) is 5.91 Å². The van der Waals surface area contributed by atoms with E-state index >= 15 is 0 Å². The van der Waals surface area contributed by atoms with Crippen LogP contribution in [0.4, 0.5) is 5.69 Å². The summed E-state index contributed by atoms with van der Waals surface area (Å²) in [5, 5.41) is 24.5. The molecule has 0 spiro atoms. The van der Waals surface area contributed by atoms with Crippen molar-refractivity contribution in [1.82, 2.24) is 5.43 Å². The van der Waals surface area contributed by atoms with E-state index in [2.05, 4.69) is 10.5 Å². The van der Waals surface area contributed by atoms with E-state index in [1.165, 1.54) is 25.1 Å². The highest BCUT2D eigenvalue weighted by Crippen LogP contribution is 2.29. The molecule has 0 aliphatic heterocycles. The van der Waals surface area contributed by atoms with Gasteiger partial charge in [0.2, 0.25) is 5.75 Å². The van der Waals surface area contributed by atoms with Crippen molar-refractivity contribution in [3.05, 3.63) is 69.8 Å². The highest BCUT2D eigenvalue weighted by Gasteiger charge is 2.18. The zero-order valence-corrected chi connectivity index (χ0v) is 11.7. The first-order chi connectivity index (χ1) is 10.5. The third-order valence-electron chi connectivity index (χ3n) is 2.96. The maximum absolute atomic E-state index is 11.9. The van der Waals surface area contributed by atoms with Gasteiger partial charge in [0.05, 0.1) is 10.6 Å². The summed E-state index contributed by atoms with van der Waals surface area (Å²) in [4.78, 5) is 21.9. The number of nitrogens with zero attached hydrogens (tertiary/aromatic N) is 2. The van der Waals surface area contributed by atoms with Gasteiger partial charge in [0, 0.05) is 17.2 Å². The van der Waals surface area contributed by atoms with Crippen LogP contribution in [0.3, 0.4) is 0 Å². The lowest BCUT2D eigenvalue weighted by molar-refractivity contribution is -0.385. The van der Waals surface area contributed by atoms with Crippen molar-refractivity contribution in [2.45, 2.75) is 6.92 Å². The number of nitrogens with one attached hydrogen (secondary N) is 1. The third kappa shape index (κ3) is 3.26. The average molecular weight is 299 g/mol. The van der Waals surface area contributed by atoms with Crippen molar-refractivity contribution in [3.63, 3.8) is 0 Å². The zero-order chi connectivity index (χ0) is 16.1. The second kappa shape index (κ2) is 6.49. The maximum Gasteiger partial charge on any atom is 0.311 e. The van der Waals surface area contributed by atoms with E-state index in [1.807, 2.05) is 0 Å². The van der Waals surface area contributed by atoms with Gasteiger partial charge in [0.15, 0.2) is 0 Å². The Hall–Kier alpha value is -3.22. The smallest absolute Gasteiger partial charge is 0.311 e. The van der Waals surface area contributed by atoms with Crippen LogP contribution in [0.5, 0.6) is 5.75 Å². The summed E-state index contributed by atoms with van der Waals surface area (Å²) in [7, 11) is 0. The molecule has 2 rings (SSSR count). The molecule has 1 amide bonds. The molecule has 7 heteroatoms. The first-order valence-electron chi connectivity index (χ1n) is 6.37. The molecule has 0 fully saturated rings. The summed E-state index contributed by atoms with van der Waals surface area (Å²) in [5.74, 6) is -0.896. The fourth-order valence-corrected chi connectivity index (χ4v) is 1.82. The molecule has 0 saturated carbocycles. The summed E-state index contributed by atoms with van der Waals surface area (Å²) in [5.41, 5.74) is 2.80. The highest BCUT2D eigenvalue weighted by molar-refractivity contribution is 6.03. The molecule has 2 N–H and O–H groups in total. The standard InChI is InChI=1S/C15H13N3O4/c1-10(12-8-5-9-13(14(12)19)18(21)22)16-17-15(20)11-6-3-2-4-7-11/h2-9,19H,1H3,(H,17,20)/b16-10+. The molecule has 0 saturated heterocycles. The van der Waals surface area contributed by atoms with Crippen molar-refractivity contribution in [1.29, 1.82) is 0 Å². The quantitative estimate of drug-likeness (QED) is 0.514. The number of hydrogen-bond acceptors (Lipinski definition) is 5. The van der Waals surface area contributed by atoms with Gasteiger partial charge in [0.1, 0.15) is 0 Å². The van der Waals surface area contributed by atoms with Gasteiger partial charge < -0.3 is 5.11 Å². The van der Waals surface area contributed by atoms with E-state index in [-0.39, 0.29) is 11.3 Å². The number of phenols is 1. The molecule has 0 unspecified atom stereocenters. The fourth-order valence-electron chi connectivity index (χ4n) is 1.82. The van der Waals surface area contributed by atoms with Gasteiger partial charge in [-0.2, -0.15) is 5.10 Å². The van der Waals surface area contributed by atoms with E-state index in [1.54, 1.807) is 30.3 Å². The molecule has 0 atom stereocenters. The Morgan fingerprint density at radius 3 is 2.50 bits per heavy atom. The van der Waals surface area contributed by atoms with Gasteiger partial charge in [-0.1, -0.05) is 24.3 Å². The minimum Gasteiger partial charge on any atom is -0.502 e. The van der Waals surface area contributed by atoms with Gasteiger partial charge in [-0.05, 0) is 25.1 Å². The molecule has 7 nitrogen and oxygen atoms in total. The Labute approximate surface area is 126 Å². The molecular weight excluding hydrogens is 286 g/mol. The minimum atomic E-state index is -0.686. The second-order valence-electron chi connectivity index (χ2n) is 4.43. The lowest BCUT2D eigenvalue weighted by atomic mass is 10.1. The number of carbonyl (C=O) groups is 1. The van der Waals surface area contributed by atoms with E-state index < -0.39 is 22.3 Å². The number of nitro benzene ring substituents is 1. The number of rotatable bonds is 4. The molecule has 22 heavy (non-hydrogen) atoms. The van der Waals surface area contributed by atoms with Gasteiger partial charge in [-0.15, -0.1) is 0 Å². The number of hydrazone groups is 1. The van der Waals surface area contributed by atoms with E-state index in [0.29, 0.717) is 5.56 Å². The molecule has 0 bridgehead atoms. The number of nitro groups is 1. The third-order valence-corrected chi connectivity index (χ3v) is 2.96. The summed E-state index contributed by atoms with van der Waals surface area (Å²) < 4.78 is 0. The zero-order valence-electron chi connectivity index (χ0n) is 11.7. The van der Waals surface area contributed by atoms with Crippen LogP contribution in [0.2, 0.25) is 0 Å². The lowest BCUT2D eigenvalue weighted by Crippen LogP contribution is -2.19. The fraction of sp³-hybridized carbons (Fsp3) is 0.0667. The van der Waals surface area contributed by atoms with Crippen molar-refractivity contribution >= 4 is 17.3 Å². The largest absolute Gasteiger partial charge is 0.502 e. The number of benzene rings is 2. The highest BCUT2D eigenvalue weighted by atomic mass is 16.6. The molecule has 2 aromatic rings. The topological polar surface area (TPSA) is 105 Å². The Kier molecular flexibility index (Phi) is 4.47. The number of phenolic OH excluding ortho intramolecular Hbond substituents is 1. The summed E-state index contributed by atoms with van der Waals surface area (Å²) in [6.07, 6.45) is 0. The SMILES string of the molecule is C/C(=N\NC(=O)c1ccccc1)c1cccc([N+](=O)[O-])c1O. The molecule has 0 aliphatic carbocycles. The number of hydrogen-bond donors (Lipinski definition) is 2. The molecule has 2 aromatic carbocycles. The van der Waals surface area contributed by atoms with Crippen molar-refractivity contribution < 1.29 is 14.8 Å². The molecule has 0 aliphatic rings. The Balaban J connectivity index is 2.21. The normalized spacial score (nSPS) is 11.0. The van der Waals surface area contributed by atoms with Gasteiger partial charge >= 0.3 is 5.69 Å². The molecular formula is C15H13N3O4. The van der Waals surface area contributed by atoms with E-state index in [9.17, 15) is 20.0 Å². The molecule has 112 valence electrons.